The summed E-state index contributed by atoms with van der Waals surface area (Å²) in [6.07, 6.45) is 3.57. The number of fused-ring (bicyclic) bond motifs is 4. The Balaban J connectivity index is 1.37. The zero-order valence-corrected chi connectivity index (χ0v) is 19.6. The number of ether oxygens (including phenoxy) is 3. The molecule has 6 nitrogen and oxygen atoms in total. The van der Waals surface area contributed by atoms with Crippen molar-refractivity contribution in [1.29, 1.82) is 0 Å². The van der Waals surface area contributed by atoms with E-state index in [-0.39, 0.29) is 5.91 Å². The third-order valence-electron chi connectivity index (χ3n) is 7.11. The first-order valence-electron chi connectivity index (χ1n) is 11.4. The van der Waals surface area contributed by atoms with Gasteiger partial charge < -0.3 is 23.7 Å². The molecule has 3 aromatic rings. The third kappa shape index (κ3) is 3.49. The maximum Gasteiger partial charge on any atom is 0.253 e. The monoisotopic (exact) mass is 446 g/mol. The van der Waals surface area contributed by atoms with Crippen molar-refractivity contribution in [2.45, 2.75) is 37.9 Å². The van der Waals surface area contributed by atoms with Crippen LogP contribution in [0.3, 0.4) is 0 Å². The number of benzene rings is 2. The largest absolute Gasteiger partial charge is 0.496 e. The number of hydrogen-bond acceptors (Lipinski definition) is 4. The van der Waals surface area contributed by atoms with Crippen LogP contribution in [-0.2, 0) is 15.9 Å². The average Bonchev–Trinajstić information content (AvgIpc) is 3.35. The molecular formula is C27H30N2O4. The molecule has 33 heavy (non-hydrogen) atoms. The molecule has 1 amide bonds. The number of nitrogens with zero attached hydrogens (tertiary/aromatic N) is 2. The highest BCUT2D eigenvalue weighted by Gasteiger charge is 2.44. The van der Waals surface area contributed by atoms with Crippen LogP contribution >= 0.6 is 0 Å². The van der Waals surface area contributed by atoms with Crippen LogP contribution in [0, 0.1) is 0 Å². The summed E-state index contributed by atoms with van der Waals surface area (Å²) in [6, 6.07) is 17.9. The minimum absolute atomic E-state index is 0.0107. The van der Waals surface area contributed by atoms with E-state index in [2.05, 4.69) is 29.0 Å². The standard InChI is InChI=1S/C27H30N2O4/c1-26(2,32-4)20-12-11-19(18-23(20)31-3)25(30)28-16-13-27(14-17-28)24-10-7-15-29(24)21-8-5-6-9-22(21)33-27/h5-12,15,18H,13-14,16-17H2,1-4H3. The van der Waals surface area contributed by atoms with Gasteiger partial charge in [0.1, 0.15) is 11.5 Å². The number of carbonyl (C=O) groups excluding carboxylic acids is 1. The lowest BCUT2D eigenvalue weighted by molar-refractivity contribution is -0.00935. The van der Waals surface area contributed by atoms with Gasteiger partial charge in [-0.25, -0.2) is 0 Å². The molecule has 0 N–H and O–H groups in total. The van der Waals surface area contributed by atoms with Crippen molar-refractivity contribution < 1.29 is 19.0 Å². The van der Waals surface area contributed by atoms with Crippen molar-refractivity contribution in [3.63, 3.8) is 0 Å². The van der Waals surface area contributed by atoms with Gasteiger partial charge in [-0.3, -0.25) is 4.79 Å². The summed E-state index contributed by atoms with van der Waals surface area (Å²) >= 11 is 0. The minimum atomic E-state index is -0.506. The molecule has 172 valence electrons. The Kier molecular flexibility index (Phi) is 5.20. The zero-order chi connectivity index (χ0) is 23.2. The fraction of sp³-hybridized carbons (Fsp3) is 0.370. The van der Waals surface area contributed by atoms with Gasteiger partial charge in [-0.2, -0.15) is 0 Å². The molecule has 0 aliphatic carbocycles. The fourth-order valence-electron chi connectivity index (χ4n) is 5.01. The molecule has 1 spiro atoms. The quantitative estimate of drug-likeness (QED) is 0.573. The molecule has 0 bridgehead atoms. The second kappa shape index (κ2) is 7.96. The predicted octanol–water partition coefficient (Wildman–Crippen LogP) is 4.89. The lowest BCUT2D eigenvalue weighted by atomic mass is 9.86. The van der Waals surface area contributed by atoms with Gasteiger partial charge in [0.15, 0.2) is 5.60 Å². The van der Waals surface area contributed by atoms with Crippen LogP contribution in [-0.4, -0.2) is 42.7 Å². The van der Waals surface area contributed by atoms with E-state index in [1.54, 1.807) is 14.2 Å². The molecule has 3 heterocycles. The van der Waals surface area contributed by atoms with E-state index in [0.717, 1.165) is 35.5 Å². The first-order valence-corrected chi connectivity index (χ1v) is 11.4. The summed E-state index contributed by atoms with van der Waals surface area (Å²) in [5, 5.41) is 0. The molecule has 2 aliphatic rings. The van der Waals surface area contributed by atoms with Crippen molar-refractivity contribution in [2.75, 3.05) is 27.3 Å². The maximum atomic E-state index is 13.4. The maximum absolute atomic E-state index is 13.4. The highest BCUT2D eigenvalue weighted by atomic mass is 16.5. The molecule has 0 radical (unpaired) electrons. The van der Waals surface area contributed by atoms with Gasteiger partial charge in [-0.15, -0.1) is 0 Å². The van der Waals surface area contributed by atoms with Gasteiger partial charge in [-0.05, 0) is 50.2 Å². The van der Waals surface area contributed by atoms with E-state index < -0.39 is 11.2 Å². The van der Waals surface area contributed by atoms with E-state index in [9.17, 15) is 4.79 Å². The van der Waals surface area contributed by atoms with Crippen LogP contribution in [0.15, 0.2) is 60.8 Å². The van der Waals surface area contributed by atoms with Crippen molar-refractivity contribution in [3.05, 3.63) is 77.6 Å². The van der Waals surface area contributed by atoms with Gasteiger partial charge in [0, 0.05) is 50.4 Å². The van der Waals surface area contributed by atoms with Crippen LogP contribution in [0.1, 0.15) is 48.3 Å². The second-order valence-corrected chi connectivity index (χ2v) is 9.25. The fourth-order valence-corrected chi connectivity index (χ4v) is 5.01. The van der Waals surface area contributed by atoms with Crippen LogP contribution in [0.5, 0.6) is 11.5 Å². The lowest BCUT2D eigenvalue weighted by Gasteiger charge is -2.45. The highest BCUT2D eigenvalue weighted by molar-refractivity contribution is 5.95. The van der Waals surface area contributed by atoms with Gasteiger partial charge in [-0.1, -0.05) is 18.2 Å². The SMILES string of the molecule is COc1cc(C(=O)N2CCC3(CC2)Oc2ccccc2-n2cccc23)ccc1C(C)(C)OC. The lowest BCUT2D eigenvalue weighted by Crippen LogP contribution is -2.50. The summed E-state index contributed by atoms with van der Waals surface area (Å²) in [7, 11) is 3.29. The van der Waals surface area contributed by atoms with Gasteiger partial charge in [0.05, 0.1) is 24.1 Å². The number of piperidine rings is 1. The molecule has 0 atom stereocenters. The number of likely N-dealkylation sites (tertiary alicyclic amines) is 1. The number of carbonyl (C=O) groups is 1. The molecule has 2 aliphatic heterocycles. The number of aromatic nitrogens is 1. The predicted molar refractivity (Wildman–Crippen MR) is 126 cm³/mol. The van der Waals surface area contributed by atoms with Gasteiger partial charge in [0.25, 0.3) is 5.91 Å². The molecule has 0 unspecified atom stereocenters. The Morgan fingerprint density at radius 1 is 1.03 bits per heavy atom. The van der Waals surface area contributed by atoms with Gasteiger partial charge >= 0.3 is 0 Å². The molecule has 0 saturated carbocycles. The molecular weight excluding hydrogens is 416 g/mol. The molecule has 1 aromatic heterocycles. The zero-order valence-electron chi connectivity index (χ0n) is 19.6. The van der Waals surface area contributed by atoms with Crippen molar-refractivity contribution in [3.8, 4) is 17.2 Å². The van der Waals surface area contributed by atoms with Crippen LogP contribution < -0.4 is 9.47 Å². The van der Waals surface area contributed by atoms with Crippen molar-refractivity contribution >= 4 is 5.91 Å². The Morgan fingerprint density at radius 3 is 2.52 bits per heavy atom. The first-order chi connectivity index (χ1) is 15.9. The summed E-state index contributed by atoms with van der Waals surface area (Å²) in [5.41, 5.74) is 2.83. The van der Waals surface area contributed by atoms with E-state index in [1.807, 2.05) is 55.1 Å². The van der Waals surface area contributed by atoms with Crippen LogP contribution in [0.25, 0.3) is 5.69 Å². The Labute approximate surface area is 194 Å². The van der Waals surface area contributed by atoms with E-state index in [0.29, 0.717) is 24.4 Å². The van der Waals surface area contributed by atoms with E-state index in [1.165, 1.54) is 0 Å². The highest BCUT2D eigenvalue weighted by Crippen LogP contribution is 2.45. The minimum Gasteiger partial charge on any atom is -0.496 e. The summed E-state index contributed by atoms with van der Waals surface area (Å²) in [5.74, 6) is 1.56. The number of rotatable bonds is 4. The van der Waals surface area contributed by atoms with E-state index >= 15 is 0 Å². The number of amides is 1. The molecule has 5 rings (SSSR count). The molecule has 6 heteroatoms. The average molecular weight is 447 g/mol. The molecule has 1 saturated heterocycles. The molecule has 1 fully saturated rings. The van der Waals surface area contributed by atoms with Crippen LogP contribution in [0.2, 0.25) is 0 Å². The normalized spacial score (nSPS) is 16.7. The van der Waals surface area contributed by atoms with E-state index in [4.69, 9.17) is 14.2 Å². The van der Waals surface area contributed by atoms with Crippen LogP contribution in [0.4, 0.5) is 0 Å². The smallest absolute Gasteiger partial charge is 0.253 e. The first kappa shape index (κ1) is 21.6. The topological polar surface area (TPSA) is 52.9 Å². The van der Waals surface area contributed by atoms with Gasteiger partial charge in [0.2, 0.25) is 0 Å². The molecule has 2 aromatic carbocycles. The number of para-hydroxylation sites is 2. The van der Waals surface area contributed by atoms with Crippen molar-refractivity contribution in [2.24, 2.45) is 0 Å². The summed E-state index contributed by atoms with van der Waals surface area (Å²) in [4.78, 5) is 15.3. The summed E-state index contributed by atoms with van der Waals surface area (Å²) < 4.78 is 20.0. The Hall–Kier alpha value is -3.25. The third-order valence-corrected chi connectivity index (χ3v) is 7.11. The Morgan fingerprint density at radius 2 is 1.79 bits per heavy atom. The Bertz CT molecular complexity index is 1190. The number of methoxy groups -OCH3 is 2. The van der Waals surface area contributed by atoms with Crippen molar-refractivity contribution in [1.82, 2.24) is 9.47 Å². The number of hydrogen-bond donors (Lipinski definition) is 0. The summed E-state index contributed by atoms with van der Waals surface area (Å²) in [6.45, 7) is 5.21. The second-order valence-electron chi connectivity index (χ2n) is 9.25.